The Morgan fingerprint density at radius 1 is 1.25 bits per heavy atom. The van der Waals surface area contributed by atoms with Crippen molar-refractivity contribution in [3.8, 4) is 0 Å². The lowest BCUT2D eigenvalue weighted by Gasteiger charge is -2.05. The van der Waals surface area contributed by atoms with Crippen LogP contribution < -0.4 is 5.32 Å². The number of thioether (sulfide) groups is 1. The molecule has 4 heteroatoms. The van der Waals surface area contributed by atoms with Crippen molar-refractivity contribution in [1.29, 1.82) is 0 Å². The summed E-state index contributed by atoms with van der Waals surface area (Å²) in [4.78, 5) is 4.69. The first-order valence-electron chi connectivity index (χ1n) is 6.99. The predicted octanol–water partition coefficient (Wildman–Crippen LogP) is 4.75. The number of nitrogens with one attached hydrogen (secondary N) is 1. The normalized spacial score (nSPS) is 11.0. The molecule has 1 heterocycles. The number of hydrogen-bond acceptors (Lipinski definition) is 4. The van der Waals surface area contributed by atoms with E-state index < -0.39 is 0 Å². The second kappa shape index (κ2) is 7.70. The largest absolute Gasteiger partial charge is 0.385 e. The average molecular weight is 307 g/mol. The molecule has 1 aromatic heterocycles. The molecule has 2 aromatic rings. The van der Waals surface area contributed by atoms with Gasteiger partial charge in [-0.05, 0) is 24.3 Å². The van der Waals surface area contributed by atoms with Crippen LogP contribution in [0.1, 0.15) is 30.1 Å². The quantitative estimate of drug-likeness (QED) is 0.799. The van der Waals surface area contributed by atoms with E-state index in [0.717, 1.165) is 18.7 Å². The highest BCUT2D eigenvalue weighted by Crippen LogP contribution is 2.20. The summed E-state index contributed by atoms with van der Waals surface area (Å²) in [5.41, 5.74) is 3.68. The molecule has 0 aliphatic rings. The van der Waals surface area contributed by atoms with E-state index in [4.69, 9.17) is 0 Å². The van der Waals surface area contributed by atoms with Gasteiger partial charge in [-0.1, -0.05) is 31.5 Å². The fraction of sp³-hybridized carbons (Fsp3) is 0.438. The van der Waals surface area contributed by atoms with Crippen LogP contribution in [0.4, 0.5) is 5.69 Å². The van der Waals surface area contributed by atoms with Crippen LogP contribution in [0.25, 0.3) is 0 Å². The van der Waals surface area contributed by atoms with Crippen LogP contribution in [0, 0.1) is 6.92 Å². The standard InChI is InChI=1S/C16H22N2S2/c1-12(2)19-11-16-18-15(10-20-16)8-9-17-14-6-4-13(3)5-7-14/h4-7,10,12,17H,8-9,11H2,1-3H3. The number of benzene rings is 1. The second-order valence-corrected chi connectivity index (χ2v) is 7.64. The lowest BCUT2D eigenvalue weighted by atomic mass is 10.2. The molecule has 108 valence electrons. The predicted molar refractivity (Wildman–Crippen MR) is 91.9 cm³/mol. The Labute approximate surface area is 130 Å². The number of aryl methyl sites for hydroxylation is 1. The number of nitrogens with zero attached hydrogens (tertiary/aromatic N) is 1. The van der Waals surface area contributed by atoms with Crippen LogP contribution in [-0.2, 0) is 12.2 Å². The maximum Gasteiger partial charge on any atom is 0.103 e. The van der Waals surface area contributed by atoms with E-state index in [9.17, 15) is 0 Å². The molecule has 0 saturated carbocycles. The van der Waals surface area contributed by atoms with Gasteiger partial charge >= 0.3 is 0 Å². The van der Waals surface area contributed by atoms with E-state index in [2.05, 4.69) is 60.7 Å². The average Bonchev–Trinajstić information content (AvgIpc) is 2.87. The van der Waals surface area contributed by atoms with Crippen molar-refractivity contribution in [1.82, 2.24) is 4.98 Å². The summed E-state index contributed by atoms with van der Waals surface area (Å²) < 4.78 is 0. The molecule has 0 amide bonds. The van der Waals surface area contributed by atoms with Gasteiger partial charge in [0.05, 0.1) is 5.69 Å². The Hall–Kier alpha value is -1.00. The van der Waals surface area contributed by atoms with E-state index in [-0.39, 0.29) is 0 Å². The van der Waals surface area contributed by atoms with Gasteiger partial charge in [0.2, 0.25) is 0 Å². The van der Waals surface area contributed by atoms with Gasteiger partial charge in [0, 0.05) is 29.8 Å². The minimum Gasteiger partial charge on any atom is -0.385 e. The number of hydrogen-bond donors (Lipinski definition) is 1. The molecule has 0 radical (unpaired) electrons. The summed E-state index contributed by atoms with van der Waals surface area (Å²) in [7, 11) is 0. The van der Waals surface area contributed by atoms with E-state index in [1.54, 1.807) is 11.3 Å². The van der Waals surface area contributed by atoms with Gasteiger partial charge < -0.3 is 5.32 Å². The maximum atomic E-state index is 4.69. The number of aromatic nitrogens is 1. The van der Waals surface area contributed by atoms with Gasteiger partial charge in [-0.25, -0.2) is 4.98 Å². The van der Waals surface area contributed by atoms with Crippen molar-refractivity contribution < 1.29 is 0 Å². The van der Waals surface area contributed by atoms with E-state index in [1.807, 2.05) is 11.8 Å². The van der Waals surface area contributed by atoms with Crippen molar-refractivity contribution in [2.75, 3.05) is 11.9 Å². The third kappa shape index (κ3) is 5.17. The topological polar surface area (TPSA) is 24.9 Å². The first kappa shape index (κ1) is 15.4. The Kier molecular flexibility index (Phi) is 5.92. The van der Waals surface area contributed by atoms with E-state index in [1.165, 1.54) is 22.0 Å². The molecular formula is C16H22N2S2. The highest BCUT2D eigenvalue weighted by Gasteiger charge is 2.03. The highest BCUT2D eigenvalue weighted by molar-refractivity contribution is 7.99. The smallest absolute Gasteiger partial charge is 0.103 e. The van der Waals surface area contributed by atoms with E-state index in [0.29, 0.717) is 5.25 Å². The summed E-state index contributed by atoms with van der Waals surface area (Å²) in [5.74, 6) is 1.04. The fourth-order valence-electron chi connectivity index (χ4n) is 1.77. The van der Waals surface area contributed by atoms with Crippen LogP contribution >= 0.6 is 23.1 Å². The van der Waals surface area contributed by atoms with Gasteiger partial charge in [0.15, 0.2) is 0 Å². The second-order valence-electron chi connectivity index (χ2n) is 5.14. The Morgan fingerprint density at radius 2 is 2.00 bits per heavy atom. The zero-order valence-electron chi connectivity index (χ0n) is 12.3. The molecular weight excluding hydrogens is 284 g/mol. The minimum atomic E-state index is 0.672. The summed E-state index contributed by atoms with van der Waals surface area (Å²) in [6, 6.07) is 8.51. The molecule has 0 unspecified atom stereocenters. The third-order valence-electron chi connectivity index (χ3n) is 2.90. The van der Waals surface area contributed by atoms with Gasteiger partial charge in [-0.15, -0.1) is 11.3 Å². The van der Waals surface area contributed by atoms with Crippen molar-refractivity contribution in [3.63, 3.8) is 0 Å². The molecule has 1 aromatic carbocycles. The molecule has 0 atom stereocenters. The monoisotopic (exact) mass is 306 g/mol. The van der Waals surface area contributed by atoms with Crippen LogP contribution in [0.3, 0.4) is 0 Å². The first-order valence-corrected chi connectivity index (χ1v) is 8.92. The Bertz CT molecular complexity index is 518. The molecule has 20 heavy (non-hydrogen) atoms. The van der Waals surface area contributed by atoms with Crippen LogP contribution in [0.5, 0.6) is 0 Å². The molecule has 0 aliphatic carbocycles. The first-order chi connectivity index (χ1) is 9.63. The molecule has 0 aliphatic heterocycles. The van der Waals surface area contributed by atoms with Crippen molar-refractivity contribution in [2.45, 2.75) is 38.2 Å². The molecule has 2 nitrogen and oxygen atoms in total. The van der Waals surface area contributed by atoms with Crippen molar-refractivity contribution >= 4 is 28.8 Å². The molecule has 0 fully saturated rings. The van der Waals surface area contributed by atoms with Crippen molar-refractivity contribution in [2.24, 2.45) is 0 Å². The van der Waals surface area contributed by atoms with Crippen LogP contribution in [0.15, 0.2) is 29.6 Å². The zero-order valence-corrected chi connectivity index (χ0v) is 14.0. The van der Waals surface area contributed by atoms with Crippen LogP contribution in [0.2, 0.25) is 0 Å². The zero-order chi connectivity index (χ0) is 14.4. The van der Waals surface area contributed by atoms with E-state index >= 15 is 0 Å². The van der Waals surface area contributed by atoms with Gasteiger partial charge in [0.25, 0.3) is 0 Å². The SMILES string of the molecule is Cc1ccc(NCCc2csc(CSC(C)C)n2)cc1. The third-order valence-corrected chi connectivity index (χ3v) is 5.09. The fourth-order valence-corrected chi connectivity index (χ4v) is 3.40. The lowest BCUT2D eigenvalue weighted by molar-refractivity contribution is 0.966. The molecule has 0 bridgehead atoms. The summed E-state index contributed by atoms with van der Waals surface area (Å²) >= 11 is 3.73. The molecule has 2 rings (SSSR count). The molecule has 0 spiro atoms. The Morgan fingerprint density at radius 3 is 2.70 bits per heavy atom. The Balaban J connectivity index is 1.75. The minimum absolute atomic E-state index is 0.672. The summed E-state index contributed by atoms with van der Waals surface area (Å²) in [6.45, 7) is 7.49. The number of anilines is 1. The summed E-state index contributed by atoms with van der Waals surface area (Å²) in [6.07, 6.45) is 0.983. The van der Waals surface area contributed by atoms with Crippen LogP contribution in [-0.4, -0.2) is 16.8 Å². The van der Waals surface area contributed by atoms with Crippen molar-refractivity contribution in [3.05, 3.63) is 45.9 Å². The maximum absolute atomic E-state index is 4.69. The number of thiazole rings is 1. The van der Waals surface area contributed by atoms with Gasteiger partial charge in [-0.3, -0.25) is 0 Å². The van der Waals surface area contributed by atoms with Gasteiger partial charge in [-0.2, -0.15) is 11.8 Å². The summed E-state index contributed by atoms with van der Waals surface area (Å²) in [5, 5.41) is 7.54. The molecule has 0 saturated heterocycles. The van der Waals surface area contributed by atoms with Gasteiger partial charge in [0.1, 0.15) is 5.01 Å². The molecule has 1 N–H and O–H groups in total. The highest BCUT2D eigenvalue weighted by atomic mass is 32.2. The lowest BCUT2D eigenvalue weighted by Crippen LogP contribution is -2.05. The number of rotatable bonds is 7.